The van der Waals surface area contributed by atoms with Crippen LogP contribution in [0.15, 0.2) is 24.3 Å². The van der Waals surface area contributed by atoms with E-state index in [9.17, 15) is 9.59 Å². The van der Waals surface area contributed by atoms with Crippen LogP contribution in [0.4, 0.5) is 5.69 Å². The van der Waals surface area contributed by atoms with Crippen LogP contribution in [0.25, 0.3) is 10.9 Å². The number of fused-ring (bicyclic) bond motifs is 2. The van der Waals surface area contributed by atoms with Crippen molar-refractivity contribution in [2.45, 2.75) is 26.3 Å². The van der Waals surface area contributed by atoms with Crippen molar-refractivity contribution >= 4 is 28.4 Å². The van der Waals surface area contributed by atoms with Gasteiger partial charge in [-0.1, -0.05) is 25.1 Å². The van der Waals surface area contributed by atoms with Crippen LogP contribution >= 0.6 is 0 Å². The molecule has 6 nitrogen and oxygen atoms in total. The second-order valence-electron chi connectivity index (χ2n) is 6.70. The molecule has 1 aromatic heterocycles. The molecule has 3 heterocycles. The lowest BCUT2D eigenvalue weighted by Gasteiger charge is -2.45. The summed E-state index contributed by atoms with van der Waals surface area (Å²) in [5.74, 6) is -0.883. The fraction of sp³-hybridized carbons (Fsp3) is 0.421. The highest BCUT2D eigenvalue weighted by molar-refractivity contribution is 6.35. The Morgan fingerprint density at radius 2 is 2.04 bits per heavy atom. The van der Waals surface area contributed by atoms with E-state index in [1.165, 1.54) is 11.3 Å². The van der Waals surface area contributed by atoms with Gasteiger partial charge in [0.05, 0.1) is 17.2 Å². The van der Waals surface area contributed by atoms with E-state index in [4.69, 9.17) is 4.98 Å². The molecule has 4 rings (SSSR count). The second kappa shape index (κ2) is 6.02. The van der Waals surface area contributed by atoms with Crippen LogP contribution in [0.3, 0.4) is 0 Å². The van der Waals surface area contributed by atoms with Crippen LogP contribution in [-0.2, 0) is 16.0 Å². The molecule has 2 aliphatic rings. The molecule has 2 aromatic rings. The van der Waals surface area contributed by atoms with Crippen molar-refractivity contribution in [3.8, 4) is 0 Å². The summed E-state index contributed by atoms with van der Waals surface area (Å²) in [6.45, 7) is 6.78. The molecule has 25 heavy (non-hydrogen) atoms. The predicted octanol–water partition coefficient (Wildman–Crippen LogP) is 1.25. The monoisotopic (exact) mass is 338 g/mol. The van der Waals surface area contributed by atoms with Gasteiger partial charge in [0.25, 0.3) is 0 Å². The molecule has 1 aromatic carbocycles. The number of rotatable bonds is 2. The minimum absolute atomic E-state index is 0.0240. The van der Waals surface area contributed by atoms with Gasteiger partial charge in [-0.15, -0.1) is 0 Å². The molecule has 0 unspecified atom stereocenters. The van der Waals surface area contributed by atoms with Gasteiger partial charge in [0.2, 0.25) is 0 Å². The average molecular weight is 338 g/mol. The summed E-state index contributed by atoms with van der Waals surface area (Å²) in [5, 5.41) is 3.87. The Hall–Kier alpha value is -2.63. The second-order valence-corrected chi connectivity index (χ2v) is 6.70. The lowest BCUT2D eigenvalue weighted by atomic mass is 10.0. The van der Waals surface area contributed by atoms with Crippen molar-refractivity contribution in [1.29, 1.82) is 0 Å². The van der Waals surface area contributed by atoms with E-state index in [0.29, 0.717) is 13.1 Å². The molecule has 130 valence electrons. The summed E-state index contributed by atoms with van der Waals surface area (Å²) in [7, 11) is 0. The SMILES string of the molecule is CCc1c(C)nc2ccccc2c1N1CCN2C(=O)C(=O)NC[C@@H]2C1. The van der Waals surface area contributed by atoms with Gasteiger partial charge in [0, 0.05) is 37.3 Å². The van der Waals surface area contributed by atoms with E-state index in [0.717, 1.165) is 36.1 Å². The minimum Gasteiger partial charge on any atom is -0.367 e. The third-order valence-corrected chi connectivity index (χ3v) is 5.28. The summed E-state index contributed by atoms with van der Waals surface area (Å²) < 4.78 is 0. The van der Waals surface area contributed by atoms with Crippen LogP contribution in [0.2, 0.25) is 0 Å². The van der Waals surface area contributed by atoms with E-state index in [2.05, 4.69) is 30.1 Å². The zero-order valence-electron chi connectivity index (χ0n) is 14.6. The normalized spacial score (nSPS) is 20.6. The number of anilines is 1. The number of para-hydroxylation sites is 1. The summed E-state index contributed by atoms with van der Waals surface area (Å²) in [6.07, 6.45) is 0.916. The molecule has 2 aliphatic heterocycles. The zero-order valence-corrected chi connectivity index (χ0v) is 14.6. The minimum atomic E-state index is -0.482. The third-order valence-electron chi connectivity index (χ3n) is 5.28. The highest BCUT2D eigenvalue weighted by Crippen LogP contribution is 2.33. The van der Waals surface area contributed by atoms with Crippen LogP contribution in [0.5, 0.6) is 0 Å². The Morgan fingerprint density at radius 1 is 1.24 bits per heavy atom. The number of carbonyl (C=O) groups excluding carboxylic acids is 2. The highest BCUT2D eigenvalue weighted by Gasteiger charge is 2.38. The molecule has 0 saturated carbocycles. The van der Waals surface area contributed by atoms with Gasteiger partial charge in [-0.05, 0) is 25.0 Å². The fourth-order valence-corrected chi connectivity index (χ4v) is 4.05. The Labute approximate surface area is 146 Å². The summed E-state index contributed by atoms with van der Waals surface area (Å²) >= 11 is 0. The lowest BCUT2D eigenvalue weighted by Crippen LogP contribution is -2.65. The van der Waals surface area contributed by atoms with E-state index in [-0.39, 0.29) is 6.04 Å². The number of hydrogen-bond acceptors (Lipinski definition) is 4. The molecule has 6 heteroatoms. The number of amides is 2. The van der Waals surface area contributed by atoms with Crippen molar-refractivity contribution in [3.05, 3.63) is 35.5 Å². The van der Waals surface area contributed by atoms with E-state index in [1.54, 1.807) is 4.90 Å². The first kappa shape index (κ1) is 15.9. The molecule has 1 atom stereocenters. The summed E-state index contributed by atoms with van der Waals surface area (Å²) in [4.78, 5) is 32.5. The van der Waals surface area contributed by atoms with E-state index >= 15 is 0 Å². The molecule has 1 N–H and O–H groups in total. The number of pyridine rings is 1. The third kappa shape index (κ3) is 2.52. The predicted molar refractivity (Wildman–Crippen MR) is 96.6 cm³/mol. The van der Waals surface area contributed by atoms with Gasteiger partial charge in [-0.2, -0.15) is 0 Å². The Morgan fingerprint density at radius 3 is 2.84 bits per heavy atom. The number of nitrogens with one attached hydrogen (secondary N) is 1. The number of benzene rings is 1. The molecule has 2 fully saturated rings. The topological polar surface area (TPSA) is 65.5 Å². The van der Waals surface area contributed by atoms with Gasteiger partial charge < -0.3 is 15.1 Å². The lowest BCUT2D eigenvalue weighted by molar-refractivity contribution is -0.150. The maximum absolute atomic E-state index is 12.1. The van der Waals surface area contributed by atoms with Crippen molar-refractivity contribution in [2.24, 2.45) is 0 Å². The first-order valence-electron chi connectivity index (χ1n) is 8.82. The highest BCUT2D eigenvalue weighted by atomic mass is 16.2. The van der Waals surface area contributed by atoms with E-state index < -0.39 is 11.8 Å². The summed E-state index contributed by atoms with van der Waals surface area (Å²) in [5.41, 5.74) is 4.56. The molecular weight excluding hydrogens is 316 g/mol. The number of aromatic nitrogens is 1. The van der Waals surface area contributed by atoms with Gasteiger partial charge >= 0.3 is 11.8 Å². The maximum Gasteiger partial charge on any atom is 0.312 e. The van der Waals surface area contributed by atoms with Crippen LogP contribution in [0, 0.1) is 6.92 Å². The quantitative estimate of drug-likeness (QED) is 0.837. The zero-order chi connectivity index (χ0) is 17.6. The van der Waals surface area contributed by atoms with Crippen molar-refractivity contribution in [2.75, 3.05) is 31.1 Å². The van der Waals surface area contributed by atoms with Crippen molar-refractivity contribution < 1.29 is 9.59 Å². The van der Waals surface area contributed by atoms with Gasteiger partial charge in [-0.3, -0.25) is 14.6 Å². The molecule has 0 radical (unpaired) electrons. The maximum atomic E-state index is 12.1. The smallest absolute Gasteiger partial charge is 0.312 e. The molecule has 0 bridgehead atoms. The van der Waals surface area contributed by atoms with Gasteiger partial charge in [-0.25, -0.2) is 0 Å². The molecule has 0 aliphatic carbocycles. The van der Waals surface area contributed by atoms with Gasteiger partial charge in [0.1, 0.15) is 0 Å². The largest absolute Gasteiger partial charge is 0.367 e. The average Bonchev–Trinajstić information content (AvgIpc) is 2.63. The Kier molecular flexibility index (Phi) is 3.82. The molecule has 2 amide bonds. The van der Waals surface area contributed by atoms with E-state index in [1.807, 2.05) is 18.2 Å². The number of carbonyl (C=O) groups is 2. The van der Waals surface area contributed by atoms with Crippen LogP contribution < -0.4 is 10.2 Å². The number of hydrogen-bond donors (Lipinski definition) is 1. The first-order valence-corrected chi connectivity index (χ1v) is 8.82. The molecular formula is C19H22N4O2. The Balaban J connectivity index is 1.75. The van der Waals surface area contributed by atoms with Gasteiger partial charge in [0.15, 0.2) is 0 Å². The first-order chi connectivity index (χ1) is 12.1. The standard InChI is InChI=1S/C19H22N4O2/c1-3-14-12(2)21-16-7-5-4-6-15(16)17(14)22-8-9-23-13(11-22)10-20-18(24)19(23)25/h4-7,13H,3,8-11H2,1-2H3,(H,20,24)/t13-/m1/s1. The van der Waals surface area contributed by atoms with Crippen LogP contribution in [0.1, 0.15) is 18.2 Å². The number of nitrogens with zero attached hydrogens (tertiary/aromatic N) is 3. The number of aryl methyl sites for hydroxylation is 1. The van der Waals surface area contributed by atoms with Crippen molar-refractivity contribution in [3.63, 3.8) is 0 Å². The Bertz CT molecular complexity index is 864. The van der Waals surface area contributed by atoms with Crippen LogP contribution in [-0.4, -0.2) is 53.9 Å². The summed E-state index contributed by atoms with van der Waals surface area (Å²) in [6, 6.07) is 8.25. The fourth-order valence-electron chi connectivity index (χ4n) is 4.05. The van der Waals surface area contributed by atoms with Crippen molar-refractivity contribution in [1.82, 2.24) is 15.2 Å². The molecule has 2 saturated heterocycles. The molecule has 0 spiro atoms. The number of piperazine rings is 2.